The zero-order chi connectivity index (χ0) is 10.1. The molecule has 0 saturated heterocycles. The highest BCUT2D eigenvalue weighted by Gasteiger charge is 2.28. The molecule has 13 heavy (non-hydrogen) atoms. The van der Waals surface area contributed by atoms with Crippen molar-refractivity contribution in [1.29, 1.82) is 0 Å². The lowest BCUT2D eigenvalue weighted by Gasteiger charge is -2.34. The predicted molar refractivity (Wildman–Crippen MR) is 56.8 cm³/mol. The van der Waals surface area contributed by atoms with Gasteiger partial charge in [-0.15, -0.1) is 0 Å². The van der Waals surface area contributed by atoms with Gasteiger partial charge in [0.2, 0.25) is 0 Å². The molecule has 76 valence electrons. The maximum absolute atomic E-state index is 9.10. The lowest BCUT2D eigenvalue weighted by atomic mass is 9.72. The average molecular weight is 203 g/mol. The van der Waals surface area contributed by atoms with Crippen molar-refractivity contribution in [3.63, 3.8) is 0 Å². The van der Waals surface area contributed by atoms with E-state index in [1.165, 1.54) is 0 Å². The molecule has 0 aromatic carbocycles. The maximum Gasteiger partial charge on any atom is 0.0656 e. The van der Waals surface area contributed by atoms with Gasteiger partial charge in [0.1, 0.15) is 0 Å². The minimum atomic E-state index is 0.130. The van der Waals surface area contributed by atoms with Crippen molar-refractivity contribution >= 4 is 11.6 Å². The van der Waals surface area contributed by atoms with Gasteiger partial charge in [0.05, 0.1) is 6.61 Å². The molecule has 0 aromatic heterocycles. The van der Waals surface area contributed by atoms with Crippen LogP contribution in [0.25, 0.3) is 0 Å². The fourth-order valence-corrected chi connectivity index (χ4v) is 2.12. The fraction of sp³-hybridized carbons (Fsp3) is 0.818. The minimum absolute atomic E-state index is 0.130. The van der Waals surface area contributed by atoms with Crippen LogP contribution in [-0.2, 0) is 0 Å². The monoisotopic (exact) mass is 202 g/mol. The van der Waals surface area contributed by atoms with Gasteiger partial charge in [0.15, 0.2) is 0 Å². The van der Waals surface area contributed by atoms with Crippen molar-refractivity contribution in [2.24, 2.45) is 11.3 Å². The quantitative estimate of drug-likeness (QED) is 0.692. The molecule has 1 atom stereocenters. The molecule has 1 aliphatic carbocycles. The molecule has 1 nitrogen and oxygen atoms in total. The highest BCUT2D eigenvalue weighted by molar-refractivity contribution is 6.30. The van der Waals surface area contributed by atoms with Crippen LogP contribution in [0.5, 0.6) is 0 Å². The summed E-state index contributed by atoms with van der Waals surface area (Å²) in [5.74, 6) is 0.664. The van der Waals surface area contributed by atoms with E-state index in [9.17, 15) is 0 Å². The summed E-state index contributed by atoms with van der Waals surface area (Å²) in [5, 5.41) is 9.99. The van der Waals surface area contributed by atoms with Crippen LogP contribution >= 0.6 is 11.6 Å². The molecule has 1 aliphatic rings. The molecule has 0 bridgehead atoms. The van der Waals surface area contributed by atoms with Gasteiger partial charge in [-0.1, -0.05) is 32.4 Å². The Balaban J connectivity index is 2.70. The van der Waals surface area contributed by atoms with Crippen molar-refractivity contribution in [2.75, 3.05) is 6.61 Å². The van der Waals surface area contributed by atoms with Crippen molar-refractivity contribution < 1.29 is 5.11 Å². The van der Waals surface area contributed by atoms with Crippen LogP contribution in [0.1, 0.15) is 40.0 Å². The molecule has 0 fully saturated rings. The smallest absolute Gasteiger partial charge is 0.0656 e. The van der Waals surface area contributed by atoms with Crippen LogP contribution in [0.15, 0.2) is 10.6 Å². The third-order valence-corrected chi connectivity index (χ3v) is 3.46. The maximum atomic E-state index is 9.10. The van der Waals surface area contributed by atoms with Gasteiger partial charge in [0.25, 0.3) is 0 Å². The second-order valence-corrected chi connectivity index (χ2v) is 5.43. The van der Waals surface area contributed by atoms with Gasteiger partial charge < -0.3 is 5.11 Å². The molecule has 1 rings (SSSR count). The Morgan fingerprint density at radius 2 is 2.08 bits per heavy atom. The summed E-state index contributed by atoms with van der Waals surface area (Å²) in [6.07, 6.45) is 3.07. The summed E-state index contributed by atoms with van der Waals surface area (Å²) in [4.78, 5) is 0. The van der Waals surface area contributed by atoms with Gasteiger partial charge >= 0.3 is 0 Å². The van der Waals surface area contributed by atoms with E-state index < -0.39 is 0 Å². The molecule has 0 saturated carbocycles. The molecule has 0 unspecified atom stereocenters. The molecule has 0 radical (unpaired) electrons. The molecular weight excluding hydrogens is 184 g/mol. The number of hydrogen-bond acceptors (Lipinski definition) is 1. The van der Waals surface area contributed by atoms with E-state index in [2.05, 4.69) is 20.8 Å². The predicted octanol–water partition coefficient (Wildman–Crippen LogP) is 3.32. The molecular formula is C11H19ClO. The second-order valence-electron chi connectivity index (χ2n) is 4.97. The Labute approximate surface area is 85.8 Å². The van der Waals surface area contributed by atoms with E-state index in [4.69, 9.17) is 16.7 Å². The molecule has 0 aliphatic heterocycles. The molecule has 2 heteroatoms. The van der Waals surface area contributed by atoms with Crippen LogP contribution in [-0.4, -0.2) is 11.7 Å². The first-order chi connectivity index (χ1) is 5.95. The second kappa shape index (κ2) is 4.02. The topological polar surface area (TPSA) is 20.2 Å². The highest BCUT2D eigenvalue weighted by Crippen LogP contribution is 2.40. The molecule has 0 amide bonds. The third kappa shape index (κ3) is 2.72. The molecule has 0 aromatic rings. The van der Waals surface area contributed by atoms with E-state index in [1.54, 1.807) is 0 Å². The Morgan fingerprint density at radius 3 is 2.54 bits per heavy atom. The fourth-order valence-electron chi connectivity index (χ4n) is 1.88. The van der Waals surface area contributed by atoms with E-state index in [0.717, 1.165) is 29.9 Å². The Hall–Kier alpha value is -0.0100. The number of aliphatic hydroxyl groups is 1. The summed E-state index contributed by atoms with van der Waals surface area (Å²) in [5.41, 5.74) is 1.38. The van der Waals surface area contributed by atoms with Gasteiger partial charge in [-0.2, -0.15) is 0 Å². The highest BCUT2D eigenvalue weighted by atomic mass is 35.5. The summed E-state index contributed by atoms with van der Waals surface area (Å²) in [6, 6.07) is 0. The lowest BCUT2D eigenvalue weighted by molar-refractivity contribution is 0.205. The Bertz CT molecular complexity index is 213. The number of rotatable bonds is 1. The summed E-state index contributed by atoms with van der Waals surface area (Å²) in [7, 11) is 0. The van der Waals surface area contributed by atoms with E-state index in [-0.39, 0.29) is 6.61 Å². The third-order valence-electron chi connectivity index (χ3n) is 3.00. The summed E-state index contributed by atoms with van der Waals surface area (Å²) in [6.45, 7) is 6.90. The first-order valence-corrected chi connectivity index (χ1v) is 5.30. The van der Waals surface area contributed by atoms with Gasteiger partial charge in [-0.05, 0) is 36.2 Å². The van der Waals surface area contributed by atoms with E-state index >= 15 is 0 Å². The molecule has 0 heterocycles. The van der Waals surface area contributed by atoms with Crippen LogP contribution in [0.3, 0.4) is 0 Å². The number of hydrogen-bond donors (Lipinski definition) is 1. The molecule has 1 N–H and O–H groups in total. The number of allylic oxidation sites excluding steroid dienone is 1. The normalized spacial score (nSPS) is 25.2. The lowest BCUT2D eigenvalue weighted by Crippen LogP contribution is -2.24. The van der Waals surface area contributed by atoms with Crippen LogP contribution in [0, 0.1) is 11.3 Å². The average Bonchev–Trinajstić information content (AvgIpc) is 2.03. The van der Waals surface area contributed by atoms with E-state index in [0.29, 0.717) is 11.3 Å². The Morgan fingerprint density at radius 1 is 1.46 bits per heavy atom. The summed E-state index contributed by atoms with van der Waals surface area (Å²) < 4.78 is 0. The zero-order valence-corrected chi connectivity index (χ0v) is 9.49. The minimum Gasteiger partial charge on any atom is -0.392 e. The van der Waals surface area contributed by atoms with Crippen molar-refractivity contribution in [2.45, 2.75) is 40.0 Å². The summed E-state index contributed by atoms with van der Waals surface area (Å²) >= 11 is 6.02. The van der Waals surface area contributed by atoms with Gasteiger partial charge in [-0.25, -0.2) is 0 Å². The van der Waals surface area contributed by atoms with Crippen molar-refractivity contribution in [3.05, 3.63) is 10.6 Å². The largest absolute Gasteiger partial charge is 0.392 e. The van der Waals surface area contributed by atoms with Crippen LogP contribution < -0.4 is 0 Å². The van der Waals surface area contributed by atoms with E-state index in [1.807, 2.05) is 0 Å². The van der Waals surface area contributed by atoms with Crippen molar-refractivity contribution in [1.82, 2.24) is 0 Å². The first-order valence-electron chi connectivity index (χ1n) is 4.92. The SMILES string of the molecule is CC(C)(C)[C@H]1CCC(Cl)=C(CO)C1. The number of aliphatic hydroxyl groups excluding tert-OH is 1. The molecule has 0 spiro atoms. The van der Waals surface area contributed by atoms with Crippen molar-refractivity contribution in [3.8, 4) is 0 Å². The number of halogens is 1. The van der Waals surface area contributed by atoms with Gasteiger partial charge in [-0.3, -0.25) is 0 Å². The standard InChI is InChI=1S/C11H19ClO/c1-11(2,3)9-4-5-10(12)8(6-9)7-13/h9,13H,4-7H2,1-3H3/t9-/m0/s1. The van der Waals surface area contributed by atoms with Crippen LogP contribution in [0.2, 0.25) is 0 Å². The van der Waals surface area contributed by atoms with Gasteiger partial charge in [0, 0.05) is 5.03 Å². The Kier molecular flexibility index (Phi) is 3.42. The first kappa shape index (κ1) is 11.1. The zero-order valence-electron chi connectivity index (χ0n) is 8.73. The van der Waals surface area contributed by atoms with Crippen LogP contribution in [0.4, 0.5) is 0 Å².